The van der Waals surface area contributed by atoms with E-state index in [1.807, 2.05) is 0 Å². The third-order valence-corrected chi connectivity index (χ3v) is 4.48. The molecule has 2 rings (SSSR count). The van der Waals surface area contributed by atoms with Crippen LogP contribution in [-0.4, -0.2) is 44.3 Å². The zero-order chi connectivity index (χ0) is 14.2. The molecule has 0 aliphatic carbocycles. The highest BCUT2D eigenvalue weighted by Crippen LogP contribution is 2.25. The van der Waals surface area contributed by atoms with E-state index in [9.17, 15) is 0 Å². The smallest absolute Gasteiger partial charge is 0.0594 e. The number of nitrogens with one attached hydrogen (secondary N) is 1. The van der Waals surface area contributed by atoms with Gasteiger partial charge in [0.2, 0.25) is 0 Å². The van der Waals surface area contributed by atoms with E-state index < -0.39 is 0 Å². The molecule has 0 radical (unpaired) electrons. The van der Waals surface area contributed by atoms with E-state index in [0.717, 1.165) is 45.8 Å². The molecular formula is C16H25BrN2O. The lowest BCUT2D eigenvalue weighted by atomic mass is 10.0. The number of hydrogen-bond acceptors (Lipinski definition) is 3. The number of nitrogens with zero attached hydrogens (tertiary/aromatic N) is 1. The van der Waals surface area contributed by atoms with E-state index in [1.54, 1.807) is 0 Å². The summed E-state index contributed by atoms with van der Waals surface area (Å²) in [5.41, 5.74) is 1.37. The Kier molecular flexibility index (Phi) is 7.00. The minimum absolute atomic E-state index is 0.424. The zero-order valence-electron chi connectivity index (χ0n) is 12.3. The van der Waals surface area contributed by atoms with Crippen molar-refractivity contribution in [2.45, 2.75) is 25.8 Å². The predicted octanol–water partition coefficient (Wildman–Crippen LogP) is 3.21. The standard InChI is InChI=1S/C16H25BrN2O/c1-2-8-18-16(14-5-3-4-6-15(14)17)7-9-19-10-12-20-13-11-19/h3-6,16,18H,2,7-13H2,1H3. The fourth-order valence-electron chi connectivity index (χ4n) is 2.58. The summed E-state index contributed by atoms with van der Waals surface area (Å²) in [5, 5.41) is 3.68. The van der Waals surface area contributed by atoms with Gasteiger partial charge in [-0.05, 0) is 31.0 Å². The third kappa shape index (κ3) is 4.85. The largest absolute Gasteiger partial charge is 0.379 e. The van der Waals surface area contributed by atoms with E-state index in [1.165, 1.54) is 16.5 Å². The fraction of sp³-hybridized carbons (Fsp3) is 0.625. The Bertz CT molecular complexity index is 394. The molecule has 0 aromatic heterocycles. The molecule has 0 bridgehead atoms. The molecule has 1 aromatic carbocycles. The molecule has 1 fully saturated rings. The number of rotatable bonds is 7. The van der Waals surface area contributed by atoms with Gasteiger partial charge < -0.3 is 10.1 Å². The number of ether oxygens (including phenoxy) is 1. The second kappa shape index (κ2) is 8.78. The Morgan fingerprint density at radius 1 is 1.30 bits per heavy atom. The van der Waals surface area contributed by atoms with Gasteiger partial charge in [0.1, 0.15) is 0 Å². The molecule has 1 saturated heterocycles. The van der Waals surface area contributed by atoms with Crippen LogP contribution in [0, 0.1) is 0 Å². The van der Waals surface area contributed by atoms with Crippen LogP contribution in [0.4, 0.5) is 0 Å². The number of morpholine rings is 1. The first-order chi connectivity index (χ1) is 9.81. The average molecular weight is 341 g/mol. The Labute approximate surface area is 130 Å². The molecule has 0 amide bonds. The van der Waals surface area contributed by atoms with Crippen molar-refractivity contribution in [2.75, 3.05) is 39.4 Å². The minimum Gasteiger partial charge on any atom is -0.379 e. The Morgan fingerprint density at radius 2 is 2.05 bits per heavy atom. The molecule has 1 aliphatic heterocycles. The Hall–Kier alpha value is -0.420. The van der Waals surface area contributed by atoms with Crippen molar-refractivity contribution < 1.29 is 4.74 Å². The lowest BCUT2D eigenvalue weighted by Crippen LogP contribution is -2.38. The number of benzene rings is 1. The number of halogens is 1. The first-order valence-electron chi connectivity index (χ1n) is 7.59. The lowest BCUT2D eigenvalue weighted by Gasteiger charge is -2.29. The zero-order valence-corrected chi connectivity index (χ0v) is 13.9. The van der Waals surface area contributed by atoms with Crippen LogP contribution in [0.1, 0.15) is 31.4 Å². The van der Waals surface area contributed by atoms with Crippen LogP contribution >= 0.6 is 15.9 Å². The van der Waals surface area contributed by atoms with Crippen molar-refractivity contribution in [1.82, 2.24) is 10.2 Å². The molecule has 1 aliphatic rings. The highest BCUT2D eigenvalue weighted by Gasteiger charge is 2.16. The van der Waals surface area contributed by atoms with Crippen LogP contribution in [0.2, 0.25) is 0 Å². The molecule has 1 atom stereocenters. The van der Waals surface area contributed by atoms with Crippen molar-refractivity contribution >= 4 is 15.9 Å². The van der Waals surface area contributed by atoms with Crippen LogP contribution in [0.25, 0.3) is 0 Å². The van der Waals surface area contributed by atoms with E-state index in [-0.39, 0.29) is 0 Å². The maximum Gasteiger partial charge on any atom is 0.0594 e. The van der Waals surface area contributed by atoms with Crippen molar-refractivity contribution in [3.8, 4) is 0 Å². The maximum absolute atomic E-state index is 5.41. The molecular weight excluding hydrogens is 316 g/mol. The van der Waals surface area contributed by atoms with Gasteiger partial charge >= 0.3 is 0 Å². The van der Waals surface area contributed by atoms with Gasteiger partial charge in [0.05, 0.1) is 13.2 Å². The molecule has 0 saturated carbocycles. The van der Waals surface area contributed by atoms with Gasteiger partial charge in [-0.1, -0.05) is 41.1 Å². The molecule has 1 N–H and O–H groups in total. The Balaban J connectivity index is 1.94. The summed E-state index contributed by atoms with van der Waals surface area (Å²) >= 11 is 3.68. The van der Waals surface area contributed by atoms with Gasteiger partial charge in [0.15, 0.2) is 0 Å². The van der Waals surface area contributed by atoms with Crippen LogP contribution < -0.4 is 5.32 Å². The van der Waals surface area contributed by atoms with Gasteiger partial charge in [-0.15, -0.1) is 0 Å². The lowest BCUT2D eigenvalue weighted by molar-refractivity contribution is 0.0361. The number of hydrogen-bond donors (Lipinski definition) is 1. The van der Waals surface area contributed by atoms with Gasteiger partial charge in [0.25, 0.3) is 0 Å². The second-order valence-electron chi connectivity index (χ2n) is 5.27. The maximum atomic E-state index is 5.41. The van der Waals surface area contributed by atoms with Crippen LogP contribution in [0.5, 0.6) is 0 Å². The van der Waals surface area contributed by atoms with E-state index in [2.05, 4.69) is 57.3 Å². The van der Waals surface area contributed by atoms with E-state index >= 15 is 0 Å². The van der Waals surface area contributed by atoms with Gasteiger partial charge in [-0.25, -0.2) is 0 Å². The summed E-state index contributed by atoms with van der Waals surface area (Å²) in [6, 6.07) is 8.97. The van der Waals surface area contributed by atoms with Gasteiger partial charge in [-0.2, -0.15) is 0 Å². The van der Waals surface area contributed by atoms with Crippen LogP contribution in [-0.2, 0) is 4.74 Å². The fourth-order valence-corrected chi connectivity index (χ4v) is 3.14. The van der Waals surface area contributed by atoms with Gasteiger partial charge in [-0.3, -0.25) is 4.90 Å². The summed E-state index contributed by atoms with van der Waals surface area (Å²) in [6.07, 6.45) is 2.31. The summed E-state index contributed by atoms with van der Waals surface area (Å²) in [6.45, 7) is 8.30. The summed E-state index contributed by atoms with van der Waals surface area (Å²) in [5.74, 6) is 0. The average Bonchev–Trinajstić information content (AvgIpc) is 2.49. The third-order valence-electron chi connectivity index (χ3n) is 3.76. The predicted molar refractivity (Wildman–Crippen MR) is 87.1 cm³/mol. The molecule has 1 unspecified atom stereocenters. The summed E-state index contributed by atoms with van der Waals surface area (Å²) < 4.78 is 6.61. The molecule has 0 spiro atoms. The van der Waals surface area contributed by atoms with Crippen molar-refractivity contribution in [3.63, 3.8) is 0 Å². The quantitative estimate of drug-likeness (QED) is 0.824. The van der Waals surface area contributed by atoms with Crippen molar-refractivity contribution in [3.05, 3.63) is 34.3 Å². The van der Waals surface area contributed by atoms with Crippen LogP contribution in [0.15, 0.2) is 28.7 Å². The second-order valence-corrected chi connectivity index (χ2v) is 6.13. The highest BCUT2D eigenvalue weighted by atomic mass is 79.9. The molecule has 1 heterocycles. The summed E-state index contributed by atoms with van der Waals surface area (Å²) in [7, 11) is 0. The van der Waals surface area contributed by atoms with E-state index in [0.29, 0.717) is 6.04 Å². The topological polar surface area (TPSA) is 24.5 Å². The van der Waals surface area contributed by atoms with E-state index in [4.69, 9.17) is 4.74 Å². The SMILES string of the molecule is CCCNC(CCN1CCOCC1)c1ccccc1Br. The molecule has 4 heteroatoms. The monoisotopic (exact) mass is 340 g/mol. The molecule has 20 heavy (non-hydrogen) atoms. The molecule has 3 nitrogen and oxygen atoms in total. The molecule has 1 aromatic rings. The minimum atomic E-state index is 0.424. The molecule has 112 valence electrons. The first kappa shape index (κ1) is 16.0. The Morgan fingerprint density at radius 3 is 2.75 bits per heavy atom. The van der Waals surface area contributed by atoms with Crippen molar-refractivity contribution in [1.29, 1.82) is 0 Å². The van der Waals surface area contributed by atoms with Gasteiger partial charge in [0, 0.05) is 30.1 Å². The highest BCUT2D eigenvalue weighted by molar-refractivity contribution is 9.10. The first-order valence-corrected chi connectivity index (χ1v) is 8.38. The van der Waals surface area contributed by atoms with Crippen LogP contribution in [0.3, 0.4) is 0 Å². The summed E-state index contributed by atoms with van der Waals surface area (Å²) in [4.78, 5) is 2.50. The van der Waals surface area contributed by atoms with Crippen molar-refractivity contribution in [2.24, 2.45) is 0 Å². The normalized spacial score (nSPS) is 18.1.